The zero-order valence-corrected chi connectivity index (χ0v) is 14.9. The van der Waals surface area contributed by atoms with E-state index < -0.39 is 49.7 Å². The van der Waals surface area contributed by atoms with Gasteiger partial charge in [-0.05, 0) is 32.6 Å². The summed E-state index contributed by atoms with van der Waals surface area (Å²) in [4.78, 5) is -1.59. The van der Waals surface area contributed by atoms with E-state index in [1.807, 2.05) is 0 Å². The third-order valence-corrected chi connectivity index (χ3v) is 5.43. The van der Waals surface area contributed by atoms with Crippen molar-refractivity contribution in [1.29, 1.82) is 0 Å². The molecule has 2 rings (SSSR count). The second-order valence-electron chi connectivity index (χ2n) is 6.53. The van der Waals surface area contributed by atoms with Crippen LogP contribution in [0, 0.1) is 5.92 Å². The van der Waals surface area contributed by atoms with Gasteiger partial charge >= 0.3 is 6.18 Å². The topological polar surface area (TPSA) is 94.8 Å². The molecule has 2 atom stereocenters. The summed E-state index contributed by atoms with van der Waals surface area (Å²) in [5.74, 6) is -3.40. The highest BCUT2D eigenvalue weighted by atomic mass is 32.2. The summed E-state index contributed by atoms with van der Waals surface area (Å²) in [6.07, 6.45) is -2.39. The first-order valence-electron chi connectivity index (χ1n) is 7.71. The molecule has 0 aliphatic heterocycles. The summed E-state index contributed by atoms with van der Waals surface area (Å²) in [6.45, 7) is 7.28. The van der Waals surface area contributed by atoms with Crippen LogP contribution in [-0.2, 0) is 16.3 Å². The van der Waals surface area contributed by atoms with Gasteiger partial charge in [0.25, 0.3) is 10.1 Å². The lowest BCUT2D eigenvalue weighted by Gasteiger charge is -2.32. The Morgan fingerprint density at radius 2 is 1.88 bits per heavy atom. The van der Waals surface area contributed by atoms with Crippen LogP contribution in [-0.4, -0.2) is 23.2 Å². The molecule has 0 fully saturated rings. The van der Waals surface area contributed by atoms with Crippen LogP contribution in [0.4, 0.5) is 13.2 Å². The van der Waals surface area contributed by atoms with Crippen LogP contribution in [0.3, 0.4) is 0 Å². The fraction of sp³-hybridized carbons (Fsp3) is 0.412. The van der Waals surface area contributed by atoms with Crippen molar-refractivity contribution in [2.24, 2.45) is 5.92 Å². The molecule has 0 saturated heterocycles. The van der Waals surface area contributed by atoms with E-state index in [9.17, 15) is 31.8 Å². The molecule has 0 saturated carbocycles. The quantitative estimate of drug-likeness (QED) is 0.524. The van der Waals surface area contributed by atoms with E-state index in [4.69, 9.17) is 4.55 Å². The number of phenolic OH excluding ortho intramolecular Hbond substituents is 2. The zero-order chi connectivity index (χ0) is 20.0. The Morgan fingerprint density at radius 1 is 1.31 bits per heavy atom. The molecule has 0 radical (unpaired) electrons. The SMILES string of the molecule is C=C(C)[C@@H]1CCC(C)=C[C@H]1c1c(O)cc(S(=O)(=O)O)c(C(F)(F)F)c1O. The molecular weight excluding hydrogens is 373 g/mol. The smallest absolute Gasteiger partial charge is 0.421 e. The van der Waals surface area contributed by atoms with Gasteiger partial charge in [0, 0.05) is 17.5 Å². The molecule has 0 spiro atoms. The third kappa shape index (κ3) is 3.73. The van der Waals surface area contributed by atoms with Gasteiger partial charge < -0.3 is 10.2 Å². The first kappa shape index (κ1) is 20.3. The lowest BCUT2D eigenvalue weighted by atomic mass is 9.73. The largest absolute Gasteiger partial charge is 0.507 e. The number of halogens is 3. The maximum atomic E-state index is 13.4. The molecule has 0 amide bonds. The molecule has 1 aromatic rings. The number of phenols is 2. The molecule has 144 valence electrons. The monoisotopic (exact) mass is 392 g/mol. The van der Waals surface area contributed by atoms with Crippen molar-refractivity contribution in [3.8, 4) is 11.5 Å². The Bertz CT molecular complexity index is 885. The van der Waals surface area contributed by atoms with E-state index in [1.165, 1.54) is 0 Å². The molecular formula is C17H19F3O5S. The summed E-state index contributed by atoms with van der Waals surface area (Å²) in [7, 11) is -5.32. The Labute approximate surface area is 149 Å². The standard InChI is InChI=1S/C17H19F3O5S/c1-8(2)10-5-4-9(3)6-11(10)14-12(21)7-13(26(23,24)25)15(16(14)22)17(18,19)20/h6-7,10-11,21-22H,1,4-5H2,2-3H3,(H,23,24,25)/t10-,11+/m0/s1. The molecule has 0 unspecified atom stereocenters. The fourth-order valence-electron chi connectivity index (χ4n) is 3.36. The Morgan fingerprint density at radius 3 is 2.35 bits per heavy atom. The van der Waals surface area contributed by atoms with E-state index in [-0.39, 0.29) is 5.92 Å². The van der Waals surface area contributed by atoms with Crippen LogP contribution in [0.5, 0.6) is 11.5 Å². The van der Waals surface area contributed by atoms with E-state index in [0.717, 1.165) is 5.57 Å². The maximum absolute atomic E-state index is 13.4. The zero-order valence-electron chi connectivity index (χ0n) is 14.1. The van der Waals surface area contributed by atoms with Crippen LogP contribution >= 0.6 is 0 Å². The molecule has 26 heavy (non-hydrogen) atoms. The summed E-state index contributed by atoms with van der Waals surface area (Å²) in [5.41, 5.74) is -0.814. The predicted octanol–water partition coefficient (Wildman–Crippen LogP) is 4.38. The van der Waals surface area contributed by atoms with Gasteiger partial charge in [-0.1, -0.05) is 23.8 Å². The van der Waals surface area contributed by atoms with Crippen molar-refractivity contribution in [1.82, 2.24) is 0 Å². The highest BCUT2D eigenvalue weighted by Crippen LogP contribution is 2.51. The number of benzene rings is 1. The molecule has 3 N–H and O–H groups in total. The van der Waals surface area contributed by atoms with Gasteiger partial charge in [0.1, 0.15) is 22.0 Å². The first-order valence-corrected chi connectivity index (χ1v) is 9.15. The van der Waals surface area contributed by atoms with Crippen molar-refractivity contribution < 1.29 is 36.4 Å². The van der Waals surface area contributed by atoms with Crippen molar-refractivity contribution >= 4 is 10.1 Å². The molecule has 0 heterocycles. The van der Waals surface area contributed by atoms with Gasteiger partial charge in [0.15, 0.2) is 0 Å². The molecule has 5 nitrogen and oxygen atoms in total. The summed E-state index contributed by atoms with van der Waals surface area (Å²) in [6, 6.07) is 0.320. The Balaban J connectivity index is 2.86. The normalized spacial score (nSPS) is 21.4. The predicted molar refractivity (Wildman–Crippen MR) is 88.6 cm³/mol. The molecule has 0 bridgehead atoms. The number of hydrogen-bond acceptors (Lipinski definition) is 4. The van der Waals surface area contributed by atoms with Crippen LogP contribution in [0.2, 0.25) is 0 Å². The van der Waals surface area contributed by atoms with Crippen molar-refractivity contribution in [3.05, 3.63) is 41.0 Å². The lowest BCUT2D eigenvalue weighted by molar-refractivity contribution is -0.141. The van der Waals surface area contributed by atoms with Crippen molar-refractivity contribution in [2.75, 3.05) is 0 Å². The number of alkyl halides is 3. The summed E-state index contributed by atoms with van der Waals surface area (Å²) >= 11 is 0. The van der Waals surface area contributed by atoms with Gasteiger partial charge in [0.05, 0.1) is 0 Å². The van der Waals surface area contributed by atoms with E-state index in [2.05, 4.69) is 6.58 Å². The first-order chi connectivity index (χ1) is 11.7. The Kier molecular flexibility index (Phi) is 5.17. The second kappa shape index (κ2) is 6.62. The van der Waals surface area contributed by atoms with Gasteiger partial charge in [-0.3, -0.25) is 4.55 Å². The van der Waals surface area contributed by atoms with Gasteiger partial charge in [0.2, 0.25) is 0 Å². The molecule has 1 aliphatic carbocycles. The minimum atomic E-state index is -5.32. The average molecular weight is 392 g/mol. The third-order valence-electron chi connectivity index (χ3n) is 4.56. The van der Waals surface area contributed by atoms with Crippen LogP contribution < -0.4 is 0 Å². The Hall–Kier alpha value is -2.00. The highest BCUT2D eigenvalue weighted by Gasteiger charge is 2.43. The summed E-state index contributed by atoms with van der Waals surface area (Å²) < 4.78 is 71.9. The van der Waals surface area contributed by atoms with Crippen LogP contribution in [0.25, 0.3) is 0 Å². The number of aromatic hydroxyl groups is 2. The van der Waals surface area contributed by atoms with E-state index in [0.29, 0.717) is 24.5 Å². The highest BCUT2D eigenvalue weighted by molar-refractivity contribution is 7.85. The average Bonchev–Trinajstić information content (AvgIpc) is 2.43. The second-order valence-corrected chi connectivity index (χ2v) is 7.92. The number of allylic oxidation sites excluding steroid dienone is 3. The molecule has 9 heteroatoms. The lowest BCUT2D eigenvalue weighted by Crippen LogP contribution is -2.20. The minimum Gasteiger partial charge on any atom is -0.507 e. The summed E-state index contributed by atoms with van der Waals surface area (Å²) in [5, 5.41) is 20.5. The molecule has 1 aliphatic rings. The van der Waals surface area contributed by atoms with E-state index in [1.54, 1.807) is 19.9 Å². The minimum absolute atomic E-state index is 0.320. The number of hydrogen-bond donors (Lipinski definition) is 3. The maximum Gasteiger partial charge on any atom is 0.421 e. The fourth-order valence-corrected chi connectivity index (χ4v) is 4.09. The molecule has 0 aromatic heterocycles. The van der Waals surface area contributed by atoms with Gasteiger partial charge in [-0.15, -0.1) is 0 Å². The van der Waals surface area contributed by atoms with Crippen molar-refractivity contribution in [3.63, 3.8) is 0 Å². The molecule has 1 aromatic carbocycles. The van der Waals surface area contributed by atoms with Crippen molar-refractivity contribution in [2.45, 2.75) is 43.7 Å². The number of rotatable bonds is 3. The van der Waals surface area contributed by atoms with Gasteiger partial charge in [-0.2, -0.15) is 21.6 Å². The van der Waals surface area contributed by atoms with E-state index >= 15 is 0 Å². The van der Waals surface area contributed by atoms with Crippen LogP contribution in [0.15, 0.2) is 34.8 Å². The van der Waals surface area contributed by atoms with Crippen LogP contribution in [0.1, 0.15) is 43.7 Å². The van der Waals surface area contributed by atoms with Gasteiger partial charge in [-0.25, -0.2) is 0 Å².